The molecule has 6 nitrogen and oxygen atoms in total. The van der Waals surface area contributed by atoms with E-state index in [-0.39, 0.29) is 5.91 Å². The molecule has 0 unspecified atom stereocenters. The molecule has 3 N–H and O–H groups in total. The van der Waals surface area contributed by atoms with Gasteiger partial charge in [0.1, 0.15) is 11.5 Å². The Morgan fingerprint density at radius 1 is 1.27 bits per heavy atom. The summed E-state index contributed by atoms with van der Waals surface area (Å²) in [5, 5.41) is 10.4. The van der Waals surface area contributed by atoms with Crippen LogP contribution in [0.1, 0.15) is 16.3 Å². The van der Waals surface area contributed by atoms with Crippen LogP contribution in [0.5, 0.6) is 0 Å². The van der Waals surface area contributed by atoms with Gasteiger partial charge < -0.3 is 10.3 Å². The number of H-pyrrole nitrogens is 2. The average molecular weight is 316 g/mol. The van der Waals surface area contributed by atoms with Crippen molar-refractivity contribution < 1.29 is 4.79 Å². The highest BCUT2D eigenvalue weighted by Gasteiger charge is 2.09. The Balaban J connectivity index is 1.54. The molecule has 0 aliphatic carbocycles. The molecule has 2 heterocycles. The van der Waals surface area contributed by atoms with Crippen molar-refractivity contribution in [1.29, 1.82) is 0 Å². The number of nitrogens with zero attached hydrogens (tertiary/aromatic N) is 2. The summed E-state index contributed by atoms with van der Waals surface area (Å²) < 4.78 is 0. The van der Waals surface area contributed by atoms with Crippen LogP contribution >= 0.6 is 11.6 Å². The number of nitrogens with one attached hydrogen (secondary N) is 3. The van der Waals surface area contributed by atoms with Gasteiger partial charge in [0.15, 0.2) is 5.82 Å². The van der Waals surface area contributed by atoms with Crippen LogP contribution in [0.25, 0.3) is 11.4 Å². The van der Waals surface area contributed by atoms with Crippen molar-refractivity contribution in [2.45, 2.75) is 6.42 Å². The summed E-state index contributed by atoms with van der Waals surface area (Å²) in [5.74, 6) is 1.18. The Kier molecular flexibility index (Phi) is 4.20. The SMILES string of the molecule is O=C(NCCc1nc(-c2ccccc2)n[nH]1)c1cc(Cl)c[nH]1. The maximum absolute atomic E-state index is 11.8. The number of aromatic nitrogens is 4. The molecule has 2 aromatic heterocycles. The Hall–Kier alpha value is -2.60. The molecular weight excluding hydrogens is 302 g/mol. The van der Waals surface area contributed by atoms with Gasteiger partial charge in [-0.2, -0.15) is 5.10 Å². The van der Waals surface area contributed by atoms with Crippen LogP contribution in [0.15, 0.2) is 42.6 Å². The number of aromatic amines is 2. The molecule has 0 saturated heterocycles. The third-order valence-electron chi connectivity index (χ3n) is 3.10. The van der Waals surface area contributed by atoms with E-state index < -0.39 is 0 Å². The van der Waals surface area contributed by atoms with Crippen LogP contribution in [-0.4, -0.2) is 32.6 Å². The highest BCUT2D eigenvalue weighted by atomic mass is 35.5. The van der Waals surface area contributed by atoms with Gasteiger partial charge in [0.05, 0.1) is 5.02 Å². The average Bonchev–Trinajstić information content (AvgIpc) is 3.17. The van der Waals surface area contributed by atoms with Crippen LogP contribution < -0.4 is 5.32 Å². The standard InChI is InChI=1S/C15H14ClN5O/c16-11-8-12(18-9-11)15(22)17-7-6-13-19-14(21-20-13)10-4-2-1-3-5-10/h1-5,8-9,18H,6-7H2,(H,17,22)(H,19,20,21). The van der Waals surface area contributed by atoms with Gasteiger partial charge in [-0.25, -0.2) is 4.98 Å². The molecule has 3 rings (SSSR count). The highest BCUT2D eigenvalue weighted by molar-refractivity contribution is 6.30. The van der Waals surface area contributed by atoms with Crippen LogP contribution in [0.3, 0.4) is 0 Å². The molecule has 0 saturated carbocycles. The quantitative estimate of drug-likeness (QED) is 0.676. The van der Waals surface area contributed by atoms with Gasteiger partial charge in [0, 0.05) is 24.7 Å². The van der Waals surface area contributed by atoms with Crippen LogP contribution in [0.2, 0.25) is 5.02 Å². The molecule has 7 heteroatoms. The van der Waals surface area contributed by atoms with Crippen LogP contribution in [0, 0.1) is 0 Å². The van der Waals surface area contributed by atoms with Crippen molar-refractivity contribution in [2.24, 2.45) is 0 Å². The molecule has 0 aliphatic rings. The maximum Gasteiger partial charge on any atom is 0.267 e. The van der Waals surface area contributed by atoms with Gasteiger partial charge in [0.25, 0.3) is 5.91 Å². The minimum absolute atomic E-state index is 0.199. The second kappa shape index (κ2) is 6.44. The Bertz CT molecular complexity index is 765. The minimum atomic E-state index is -0.199. The fourth-order valence-corrected chi connectivity index (χ4v) is 2.18. The second-order valence-corrected chi connectivity index (χ2v) is 5.15. The summed E-state index contributed by atoms with van der Waals surface area (Å²) in [7, 11) is 0. The van der Waals surface area contributed by atoms with Gasteiger partial charge in [-0.15, -0.1) is 0 Å². The zero-order valence-electron chi connectivity index (χ0n) is 11.6. The van der Waals surface area contributed by atoms with E-state index in [9.17, 15) is 4.79 Å². The van der Waals surface area contributed by atoms with E-state index in [1.165, 1.54) is 0 Å². The van der Waals surface area contributed by atoms with Crippen molar-refractivity contribution in [3.63, 3.8) is 0 Å². The first kappa shape index (κ1) is 14.3. The number of halogens is 1. The first-order valence-corrected chi connectivity index (χ1v) is 7.19. The van der Waals surface area contributed by atoms with E-state index in [4.69, 9.17) is 11.6 Å². The van der Waals surface area contributed by atoms with E-state index in [1.807, 2.05) is 30.3 Å². The summed E-state index contributed by atoms with van der Waals surface area (Å²) in [6.45, 7) is 0.457. The number of amides is 1. The Morgan fingerprint density at radius 3 is 2.82 bits per heavy atom. The summed E-state index contributed by atoms with van der Waals surface area (Å²) in [6, 6.07) is 11.3. The predicted octanol–water partition coefficient (Wildman–Crippen LogP) is 2.43. The highest BCUT2D eigenvalue weighted by Crippen LogP contribution is 2.13. The van der Waals surface area contributed by atoms with Crippen molar-refractivity contribution in [3.8, 4) is 11.4 Å². The van der Waals surface area contributed by atoms with E-state index in [0.717, 1.165) is 11.4 Å². The minimum Gasteiger partial charge on any atom is -0.356 e. The Labute approximate surface area is 131 Å². The number of rotatable bonds is 5. The summed E-state index contributed by atoms with van der Waals surface area (Å²) >= 11 is 5.76. The topological polar surface area (TPSA) is 86.5 Å². The number of benzene rings is 1. The van der Waals surface area contributed by atoms with Gasteiger partial charge in [-0.05, 0) is 6.07 Å². The summed E-state index contributed by atoms with van der Waals surface area (Å²) in [6.07, 6.45) is 2.14. The maximum atomic E-state index is 11.8. The third-order valence-corrected chi connectivity index (χ3v) is 3.32. The number of carbonyl (C=O) groups is 1. The lowest BCUT2D eigenvalue weighted by Gasteiger charge is -2.01. The van der Waals surface area contributed by atoms with Gasteiger partial charge in [-0.1, -0.05) is 41.9 Å². The first-order valence-electron chi connectivity index (χ1n) is 6.81. The molecule has 0 aliphatic heterocycles. The molecule has 0 bridgehead atoms. The number of hydrogen-bond acceptors (Lipinski definition) is 3. The normalized spacial score (nSPS) is 10.6. The second-order valence-electron chi connectivity index (χ2n) is 4.71. The third kappa shape index (κ3) is 3.35. The van der Waals surface area contributed by atoms with Crippen molar-refractivity contribution >= 4 is 17.5 Å². The summed E-state index contributed by atoms with van der Waals surface area (Å²) in [4.78, 5) is 19.0. The van der Waals surface area contributed by atoms with Gasteiger partial charge in [0.2, 0.25) is 0 Å². The van der Waals surface area contributed by atoms with E-state index >= 15 is 0 Å². The monoisotopic (exact) mass is 315 g/mol. The lowest BCUT2D eigenvalue weighted by Crippen LogP contribution is -2.26. The van der Waals surface area contributed by atoms with Crippen LogP contribution in [-0.2, 0) is 6.42 Å². The fraction of sp³-hybridized carbons (Fsp3) is 0.133. The smallest absolute Gasteiger partial charge is 0.267 e. The molecular formula is C15H14ClN5O. The lowest BCUT2D eigenvalue weighted by molar-refractivity contribution is 0.0949. The van der Waals surface area contributed by atoms with Crippen molar-refractivity contribution in [1.82, 2.24) is 25.5 Å². The fourth-order valence-electron chi connectivity index (χ4n) is 2.01. The summed E-state index contributed by atoms with van der Waals surface area (Å²) in [5.41, 5.74) is 1.39. The zero-order valence-corrected chi connectivity index (χ0v) is 12.4. The van der Waals surface area contributed by atoms with Crippen molar-refractivity contribution in [3.05, 3.63) is 59.1 Å². The van der Waals surface area contributed by atoms with Gasteiger partial charge in [-0.3, -0.25) is 9.89 Å². The largest absolute Gasteiger partial charge is 0.356 e. The number of carbonyl (C=O) groups excluding carboxylic acids is 1. The molecule has 0 spiro atoms. The molecule has 22 heavy (non-hydrogen) atoms. The van der Waals surface area contributed by atoms with E-state index in [0.29, 0.717) is 29.5 Å². The first-order chi connectivity index (χ1) is 10.7. The zero-order chi connectivity index (χ0) is 15.4. The predicted molar refractivity (Wildman–Crippen MR) is 83.7 cm³/mol. The molecule has 112 valence electrons. The molecule has 1 amide bonds. The molecule has 0 atom stereocenters. The molecule has 3 aromatic rings. The molecule has 1 aromatic carbocycles. The van der Waals surface area contributed by atoms with Gasteiger partial charge >= 0.3 is 0 Å². The van der Waals surface area contributed by atoms with Crippen LogP contribution in [0.4, 0.5) is 0 Å². The molecule has 0 radical (unpaired) electrons. The lowest BCUT2D eigenvalue weighted by atomic mass is 10.2. The molecule has 0 fully saturated rings. The number of hydrogen-bond donors (Lipinski definition) is 3. The van der Waals surface area contributed by atoms with E-state index in [1.54, 1.807) is 12.3 Å². The Morgan fingerprint density at radius 2 is 2.09 bits per heavy atom. The van der Waals surface area contributed by atoms with Crippen molar-refractivity contribution in [2.75, 3.05) is 6.54 Å². The van der Waals surface area contributed by atoms with E-state index in [2.05, 4.69) is 25.5 Å².